The molecule has 3 aliphatic rings. The molecule has 1 aliphatic carbocycles. The highest BCUT2D eigenvalue weighted by molar-refractivity contribution is 9.10. The molecule has 2 saturated heterocycles. The second-order valence-electron chi connectivity index (χ2n) is 10.3. The molecular formula is C27H31BrCl2N4O2. The van der Waals surface area contributed by atoms with E-state index in [4.69, 9.17) is 33.9 Å². The molecule has 0 spiro atoms. The van der Waals surface area contributed by atoms with E-state index in [2.05, 4.69) is 28.1 Å². The maximum Gasteiger partial charge on any atom is 0.314 e. The Kier molecular flexibility index (Phi) is 7.80. The van der Waals surface area contributed by atoms with E-state index < -0.39 is 0 Å². The minimum absolute atomic E-state index is 0.136. The summed E-state index contributed by atoms with van der Waals surface area (Å²) < 4.78 is 1.03. The lowest BCUT2D eigenvalue weighted by molar-refractivity contribution is -0.134. The van der Waals surface area contributed by atoms with Crippen molar-refractivity contribution in [1.82, 2.24) is 14.8 Å². The van der Waals surface area contributed by atoms with Gasteiger partial charge in [0.05, 0.1) is 10.7 Å². The van der Waals surface area contributed by atoms with Crippen molar-refractivity contribution in [3.63, 3.8) is 0 Å². The number of primary amides is 1. The molecule has 192 valence electrons. The number of halogens is 3. The smallest absolute Gasteiger partial charge is 0.314 e. The normalized spacial score (nSPS) is 21.0. The van der Waals surface area contributed by atoms with Gasteiger partial charge in [0.2, 0.25) is 5.91 Å². The summed E-state index contributed by atoms with van der Waals surface area (Å²) in [7, 11) is 0. The number of likely N-dealkylation sites (tertiary alicyclic amines) is 2. The highest BCUT2D eigenvalue weighted by Crippen LogP contribution is 2.46. The number of urea groups is 1. The van der Waals surface area contributed by atoms with Gasteiger partial charge in [-0.1, -0.05) is 39.1 Å². The first-order valence-electron chi connectivity index (χ1n) is 12.7. The summed E-state index contributed by atoms with van der Waals surface area (Å²) in [6, 6.07) is 5.76. The number of benzene rings is 1. The Balaban J connectivity index is 1.31. The predicted octanol–water partition coefficient (Wildman–Crippen LogP) is 5.80. The molecule has 3 heterocycles. The average Bonchev–Trinajstić information content (AvgIpc) is 3.01. The molecular weight excluding hydrogens is 563 g/mol. The molecule has 9 heteroatoms. The number of hydrogen-bond acceptors (Lipinski definition) is 3. The van der Waals surface area contributed by atoms with Crippen LogP contribution < -0.4 is 5.73 Å². The Labute approximate surface area is 230 Å². The summed E-state index contributed by atoms with van der Waals surface area (Å²) in [6.45, 7) is 2.80. The van der Waals surface area contributed by atoms with Crippen LogP contribution in [0.4, 0.5) is 4.79 Å². The summed E-state index contributed by atoms with van der Waals surface area (Å²) in [4.78, 5) is 33.0. The molecule has 0 saturated carbocycles. The van der Waals surface area contributed by atoms with E-state index in [0.717, 1.165) is 66.8 Å². The van der Waals surface area contributed by atoms with Gasteiger partial charge in [0, 0.05) is 54.2 Å². The highest BCUT2D eigenvalue weighted by Gasteiger charge is 2.36. The lowest BCUT2D eigenvalue weighted by Crippen LogP contribution is -2.44. The molecule has 1 atom stereocenters. The largest absolute Gasteiger partial charge is 0.351 e. The SMILES string of the molecule is NC(=O)N1CCC(CC(=O)N2CCC(C3c4ncc(Cl)cc4CCc4cc(Cl)cc(Br)c43)CC2)CC1. The second kappa shape index (κ2) is 10.9. The fourth-order valence-corrected chi connectivity index (χ4v) is 7.55. The van der Waals surface area contributed by atoms with Crippen LogP contribution in [0.1, 0.15) is 60.4 Å². The molecule has 0 radical (unpaired) electrons. The van der Waals surface area contributed by atoms with Gasteiger partial charge in [-0.2, -0.15) is 0 Å². The maximum absolute atomic E-state index is 13.1. The first-order valence-corrected chi connectivity index (χ1v) is 14.3. The van der Waals surface area contributed by atoms with Crippen LogP contribution in [0.15, 0.2) is 28.9 Å². The fraction of sp³-hybridized carbons (Fsp3) is 0.519. The van der Waals surface area contributed by atoms with Crippen LogP contribution in [0.3, 0.4) is 0 Å². The van der Waals surface area contributed by atoms with Crippen molar-refractivity contribution >= 4 is 51.1 Å². The summed E-state index contributed by atoms with van der Waals surface area (Å²) in [5.41, 5.74) is 10.2. The van der Waals surface area contributed by atoms with Gasteiger partial charge in [-0.3, -0.25) is 9.78 Å². The zero-order chi connectivity index (χ0) is 25.4. The van der Waals surface area contributed by atoms with E-state index in [1.165, 1.54) is 16.7 Å². The van der Waals surface area contributed by atoms with Gasteiger partial charge in [0.25, 0.3) is 0 Å². The number of nitrogens with zero attached hydrogens (tertiary/aromatic N) is 3. The van der Waals surface area contributed by atoms with Gasteiger partial charge in [0.1, 0.15) is 0 Å². The molecule has 36 heavy (non-hydrogen) atoms. The van der Waals surface area contributed by atoms with Gasteiger partial charge in [-0.15, -0.1) is 0 Å². The predicted molar refractivity (Wildman–Crippen MR) is 145 cm³/mol. The number of aryl methyl sites for hydroxylation is 2. The summed E-state index contributed by atoms with van der Waals surface area (Å²) in [6.07, 6.45) is 7.61. The molecule has 6 nitrogen and oxygen atoms in total. The van der Waals surface area contributed by atoms with E-state index in [0.29, 0.717) is 36.4 Å². The van der Waals surface area contributed by atoms with E-state index in [1.807, 2.05) is 11.0 Å². The number of hydrogen-bond donors (Lipinski definition) is 1. The molecule has 2 aliphatic heterocycles. The zero-order valence-corrected chi connectivity index (χ0v) is 23.3. The number of carbonyl (C=O) groups excluding carboxylic acids is 2. The Morgan fingerprint density at radius 3 is 2.28 bits per heavy atom. The van der Waals surface area contributed by atoms with Gasteiger partial charge in [-0.05, 0) is 85.3 Å². The third kappa shape index (κ3) is 5.39. The van der Waals surface area contributed by atoms with Crippen molar-refractivity contribution in [1.29, 1.82) is 0 Å². The Bertz CT molecular complexity index is 1160. The standard InChI is InChI=1S/C27H31BrCl2N4O2/c28-22-14-20(29)12-18-1-2-19-13-21(30)15-32-26(19)25(24(18)22)17-5-9-33(10-6-17)23(35)11-16-3-7-34(8-4-16)27(31)36/h12-17,25H,1-11H2,(H2,31,36). The molecule has 2 fully saturated rings. The monoisotopic (exact) mass is 592 g/mol. The van der Waals surface area contributed by atoms with Crippen molar-refractivity contribution in [2.75, 3.05) is 26.2 Å². The quantitative estimate of drug-likeness (QED) is 0.488. The van der Waals surface area contributed by atoms with Gasteiger partial charge in [-0.25, -0.2) is 4.79 Å². The van der Waals surface area contributed by atoms with Crippen molar-refractivity contribution in [3.05, 3.63) is 61.3 Å². The van der Waals surface area contributed by atoms with Crippen LogP contribution in [0.5, 0.6) is 0 Å². The average molecular weight is 594 g/mol. The molecule has 0 bridgehead atoms. The number of nitrogens with two attached hydrogens (primary N) is 1. The van der Waals surface area contributed by atoms with Crippen molar-refractivity contribution < 1.29 is 9.59 Å². The number of rotatable bonds is 3. The fourth-order valence-electron chi connectivity index (χ4n) is 6.25. The molecule has 2 N–H and O–H groups in total. The van der Waals surface area contributed by atoms with Crippen molar-refractivity contribution in [2.45, 2.75) is 50.9 Å². The molecule has 2 aromatic rings. The number of carbonyl (C=O) groups is 2. The molecule has 1 aromatic heterocycles. The van der Waals surface area contributed by atoms with E-state index in [1.54, 1.807) is 11.1 Å². The van der Waals surface area contributed by atoms with Crippen LogP contribution in [0.2, 0.25) is 10.0 Å². The van der Waals surface area contributed by atoms with Crippen LogP contribution >= 0.6 is 39.1 Å². The topological polar surface area (TPSA) is 79.5 Å². The van der Waals surface area contributed by atoms with Crippen LogP contribution in [0, 0.1) is 11.8 Å². The second-order valence-corrected chi connectivity index (χ2v) is 12.1. The van der Waals surface area contributed by atoms with Crippen LogP contribution in [-0.4, -0.2) is 52.9 Å². The summed E-state index contributed by atoms with van der Waals surface area (Å²) in [5.74, 6) is 1.05. The Hall–Kier alpha value is -1.83. The third-order valence-corrected chi connectivity index (χ3v) is 9.25. The number of aromatic nitrogens is 1. The highest BCUT2D eigenvalue weighted by atomic mass is 79.9. The minimum Gasteiger partial charge on any atom is -0.351 e. The van der Waals surface area contributed by atoms with Crippen LogP contribution in [0.25, 0.3) is 0 Å². The number of fused-ring (bicyclic) bond motifs is 2. The summed E-state index contributed by atoms with van der Waals surface area (Å²) in [5, 5.41) is 1.40. The number of pyridine rings is 1. The van der Waals surface area contributed by atoms with Gasteiger partial charge in [0.15, 0.2) is 0 Å². The third-order valence-electron chi connectivity index (χ3n) is 8.17. The maximum atomic E-state index is 13.1. The van der Waals surface area contributed by atoms with Crippen molar-refractivity contribution in [2.24, 2.45) is 17.6 Å². The van der Waals surface area contributed by atoms with Crippen LogP contribution in [-0.2, 0) is 17.6 Å². The minimum atomic E-state index is -0.367. The van der Waals surface area contributed by atoms with E-state index >= 15 is 0 Å². The zero-order valence-electron chi connectivity index (χ0n) is 20.2. The lowest BCUT2D eigenvalue weighted by Gasteiger charge is -2.38. The number of amides is 3. The molecule has 3 amide bonds. The van der Waals surface area contributed by atoms with E-state index in [-0.39, 0.29) is 17.9 Å². The van der Waals surface area contributed by atoms with Crippen molar-refractivity contribution in [3.8, 4) is 0 Å². The lowest BCUT2D eigenvalue weighted by atomic mass is 9.76. The van der Waals surface area contributed by atoms with Gasteiger partial charge < -0.3 is 15.5 Å². The first kappa shape index (κ1) is 25.8. The van der Waals surface area contributed by atoms with E-state index in [9.17, 15) is 9.59 Å². The molecule has 5 rings (SSSR count). The summed E-state index contributed by atoms with van der Waals surface area (Å²) >= 11 is 16.6. The van der Waals surface area contributed by atoms with Gasteiger partial charge >= 0.3 is 6.03 Å². The Morgan fingerprint density at radius 1 is 0.944 bits per heavy atom. The Morgan fingerprint density at radius 2 is 1.58 bits per heavy atom. The molecule has 1 unspecified atom stereocenters. The first-order chi connectivity index (χ1) is 17.3. The number of piperidine rings is 2. The molecule has 1 aromatic carbocycles.